The Balaban J connectivity index is 1.47. The first-order chi connectivity index (χ1) is 14.6. The Morgan fingerprint density at radius 3 is 2.80 bits per heavy atom. The molecular formula is C22H25ClN4O3. The predicted molar refractivity (Wildman–Crippen MR) is 114 cm³/mol. The fraction of sp³-hybridized carbons (Fsp3) is 0.455. The molecule has 0 aromatic carbocycles. The second-order valence-electron chi connectivity index (χ2n) is 7.79. The number of halogens is 1. The summed E-state index contributed by atoms with van der Waals surface area (Å²) < 4.78 is 6.06. The van der Waals surface area contributed by atoms with Crippen molar-refractivity contribution in [3.05, 3.63) is 40.8 Å². The van der Waals surface area contributed by atoms with Crippen molar-refractivity contribution in [2.75, 3.05) is 24.5 Å². The van der Waals surface area contributed by atoms with Crippen molar-refractivity contribution >= 4 is 29.7 Å². The normalized spacial score (nSPS) is 17.0. The number of carbonyl (C=O) groups is 2. The van der Waals surface area contributed by atoms with Gasteiger partial charge in [0, 0.05) is 61.8 Å². The van der Waals surface area contributed by atoms with E-state index in [1.165, 1.54) is 0 Å². The van der Waals surface area contributed by atoms with Gasteiger partial charge in [0.25, 0.3) is 0 Å². The van der Waals surface area contributed by atoms with Crippen molar-refractivity contribution in [3.63, 3.8) is 0 Å². The number of ether oxygens (including phenoxy) is 1. The van der Waals surface area contributed by atoms with Crippen LogP contribution in [0, 0.1) is 0 Å². The molecule has 0 unspecified atom stereocenters. The average molecular weight is 429 g/mol. The highest BCUT2D eigenvalue weighted by Crippen LogP contribution is 2.34. The first-order valence-corrected chi connectivity index (χ1v) is 10.7. The summed E-state index contributed by atoms with van der Waals surface area (Å²) in [6.07, 6.45) is 9.60. The van der Waals surface area contributed by atoms with Crippen molar-refractivity contribution in [2.24, 2.45) is 0 Å². The van der Waals surface area contributed by atoms with Gasteiger partial charge in [-0.3, -0.25) is 19.5 Å². The van der Waals surface area contributed by atoms with Crippen LogP contribution in [0.25, 0.3) is 11.1 Å². The van der Waals surface area contributed by atoms with Gasteiger partial charge < -0.3 is 9.64 Å². The molecule has 4 rings (SSSR count). The van der Waals surface area contributed by atoms with Gasteiger partial charge in [-0.25, -0.2) is 4.98 Å². The van der Waals surface area contributed by atoms with Gasteiger partial charge in [-0.2, -0.15) is 0 Å². The quantitative estimate of drug-likeness (QED) is 0.683. The van der Waals surface area contributed by atoms with Gasteiger partial charge in [-0.1, -0.05) is 11.6 Å². The maximum Gasteiger partial charge on any atom is 0.219 e. The lowest BCUT2D eigenvalue weighted by molar-refractivity contribution is -0.131. The third-order valence-electron chi connectivity index (χ3n) is 5.81. The van der Waals surface area contributed by atoms with Gasteiger partial charge in [0.2, 0.25) is 12.3 Å². The number of fused-ring (bicyclic) bond motifs is 1. The Kier molecular flexibility index (Phi) is 6.29. The summed E-state index contributed by atoms with van der Waals surface area (Å²) in [5.41, 5.74) is 3.56. The minimum Gasteiger partial charge on any atom is -0.373 e. The molecule has 1 fully saturated rings. The van der Waals surface area contributed by atoms with Gasteiger partial charge in [0.05, 0.1) is 17.7 Å². The average Bonchev–Trinajstić information content (AvgIpc) is 2.78. The van der Waals surface area contributed by atoms with E-state index < -0.39 is 0 Å². The van der Waals surface area contributed by atoms with Gasteiger partial charge >= 0.3 is 0 Å². The number of rotatable bonds is 5. The number of carbonyl (C=O) groups excluding carboxylic acids is 2. The SMILES string of the molecule is CC(=O)N1CCC(OCc2cncc(-c3cnc4c(c3)CCCN4C=O)c2Cl)CC1. The van der Waals surface area contributed by atoms with Crippen LogP contribution in [-0.2, 0) is 27.4 Å². The van der Waals surface area contributed by atoms with Crippen LogP contribution in [0.4, 0.5) is 5.82 Å². The molecule has 0 N–H and O–H groups in total. The molecule has 0 bridgehead atoms. The summed E-state index contributed by atoms with van der Waals surface area (Å²) in [6, 6.07) is 2.04. The number of hydrogen-bond donors (Lipinski definition) is 0. The van der Waals surface area contributed by atoms with Crippen LogP contribution in [0.15, 0.2) is 24.7 Å². The van der Waals surface area contributed by atoms with Crippen LogP contribution in [0.3, 0.4) is 0 Å². The number of likely N-dealkylation sites (tertiary alicyclic amines) is 1. The smallest absolute Gasteiger partial charge is 0.219 e. The van der Waals surface area contributed by atoms with Gasteiger partial charge in [-0.05, 0) is 37.3 Å². The molecule has 2 aromatic rings. The number of aryl methyl sites for hydroxylation is 1. The molecule has 2 aliphatic rings. The van der Waals surface area contributed by atoms with Crippen LogP contribution in [0.1, 0.15) is 37.3 Å². The molecule has 1 saturated heterocycles. The van der Waals surface area contributed by atoms with Crippen LogP contribution >= 0.6 is 11.6 Å². The molecule has 2 aliphatic heterocycles. The lowest BCUT2D eigenvalue weighted by Gasteiger charge is -2.31. The predicted octanol–water partition coefficient (Wildman–Crippen LogP) is 3.23. The van der Waals surface area contributed by atoms with Gasteiger partial charge in [-0.15, -0.1) is 0 Å². The van der Waals surface area contributed by atoms with E-state index in [1.807, 2.05) is 11.0 Å². The van der Waals surface area contributed by atoms with Crippen LogP contribution in [-0.4, -0.2) is 52.9 Å². The molecule has 7 nitrogen and oxygen atoms in total. The molecule has 8 heteroatoms. The lowest BCUT2D eigenvalue weighted by Crippen LogP contribution is -2.39. The van der Waals surface area contributed by atoms with Crippen LogP contribution in [0.5, 0.6) is 0 Å². The van der Waals surface area contributed by atoms with E-state index in [1.54, 1.807) is 30.4 Å². The minimum atomic E-state index is 0.111. The van der Waals surface area contributed by atoms with E-state index in [-0.39, 0.29) is 12.0 Å². The van der Waals surface area contributed by atoms with Crippen molar-refractivity contribution in [3.8, 4) is 11.1 Å². The molecule has 0 spiro atoms. The van der Waals surface area contributed by atoms with Crippen molar-refractivity contribution in [2.45, 2.75) is 45.3 Å². The molecule has 0 atom stereocenters. The molecule has 0 radical (unpaired) electrons. The monoisotopic (exact) mass is 428 g/mol. The standard InChI is InChI=1S/C22H25ClN4O3/c1-15(29)26-7-4-19(5-8-26)30-13-18-10-24-12-20(21(18)23)17-9-16-3-2-6-27(14-28)22(16)25-11-17/h9-12,14,19H,2-8,13H2,1H3. The maximum atomic E-state index is 11.5. The number of hydrogen-bond acceptors (Lipinski definition) is 5. The highest BCUT2D eigenvalue weighted by molar-refractivity contribution is 6.34. The summed E-state index contributed by atoms with van der Waals surface area (Å²) in [5.74, 6) is 0.837. The number of nitrogens with zero attached hydrogens (tertiary/aromatic N) is 4. The largest absolute Gasteiger partial charge is 0.373 e. The molecule has 2 amide bonds. The Morgan fingerprint density at radius 2 is 2.07 bits per heavy atom. The number of pyridine rings is 2. The third kappa shape index (κ3) is 4.32. The molecule has 2 aromatic heterocycles. The number of aromatic nitrogens is 2. The number of amides is 2. The van der Waals surface area contributed by atoms with Gasteiger partial charge in [0.15, 0.2) is 0 Å². The van der Waals surface area contributed by atoms with Gasteiger partial charge in [0.1, 0.15) is 5.82 Å². The van der Waals surface area contributed by atoms with Crippen molar-refractivity contribution < 1.29 is 14.3 Å². The third-order valence-corrected chi connectivity index (χ3v) is 6.26. The lowest BCUT2D eigenvalue weighted by atomic mass is 10.0. The zero-order valence-electron chi connectivity index (χ0n) is 17.0. The number of piperidine rings is 1. The molecular weight excluding hydrogens is 404 g/mol. The molecule has 158 valence electrons. The Labute approximate surface area is 181 Å². The zero-order chi connectivity index (χ0) is 21.1. The molecule has 0 aliphatic carbocycles. The fourth-order valence-electron chi connectivity index (χ4n) is 4.08. The Hall–Kier alpha value is -2.51. The highest BCUT2D eigenvalue weighted by Gasteiger charge is 2.22. The Bertz CT molecular complexity index is 944. The van der Waals surface area contributed by atoms with E-state index in [4.69, 9.17) is 16.3 Å². The second kappa shape index (κ2) is 9.10. The highest BCUT2D eigenvalue weighted by atomic mass is 35.5. The van der Waals surface area contributed by atoms with Crippen molar-refractivity contribution in [1.82, 2.24) is 14.9 Å². The zero-order valence-corrected chi connectivity index (χ0v) is 17.8. The summed E-state index contributed by atoms with van der Waals surface area (Å²) in [4.78, 5) is 35.1. The van der Waals surface area contributed by atoms with Crippen molar-refractivity contribution in [1.29, 1.82) is 0 Å². The van der Waals surface area contributed by atoms with Crippen LogP contribution < -0.4 is 4.90 Å². The maximum absolute atomic E-state index is 11.5. The fourth-order valence-corrected chi connectivity index (χ4v) is 4.34. The van der Waals surface area contributed by atoms with E-state index in [9.17, 15) is 9.59 Å². The molecule has 4 heterocycles. The Morgan fingerprint density at radius 1 is 1.27 bits per heavy atom. The molecule has 0 saturated carbocycles. The minimum absolute atomic E-state index is 0.111. The van der Waals surface area contributed by atoms with E-state index in [0.717, 1.165) is 73.3 Å². The van der Waals surface area contributed by atoms with E-state index >= 15 is 0 Å². The summed E-state index contributed by atoms with van der Waals surface area (Å²) in [6.45, 7) is 4.13. The van der Waals surface area contributed by atoms with Crippen LogP contribution in [0.2, 0.25) is 5.02 Å². The first-order valence-electron chi connectivity index (χ1n) is 10.3. The summed E-state index contributed by atoms with van der Waals surface area (Å²) in [7, 11) is 0. The van der Waals surface area contributed by atoms with E-state index in [0.29, 0.717) is 18.2 Å². The second-order valence-corrected chi connectivity index (χ2v) is 8.16. The topological polar surface area (TPSA) is 75.6 Å². The number of anilines is 1. The molecule has 30 heavy (non-hydrogen) atoms. The summed E-state index contributed by atoms with van der Waals surface area (Å²) >= 11 is 6.70. The summed E-state index contributed by atoms with van der Waals surface area (Å²) in [5, 5.41) is 0.607. The first kappa shape index (κ1) is 20.8. The van der Waals surface area contributed by atoms with E-state index in [2.05, 4.69) is 9.97 Å².